The summed E-state index contributed by atoms with van der Waals surface area (Å²) in [5.41, 5.74) is 3.75. The van der Waals surface area contributed by atoms with Gasteiger partial charge in [-0.1, -0.05) is 64.0 Å². The summed E-state index contributed by atoms with van der Waals surface area (Å²) >= 11 is 3.41. The normalized spacial score (nSPS) is 15.8. The molecule has 32 heavy (non-hydrogen) atoms. The van der Waals surface area contributed by atoms with E-state index >= 15 is 0 Å². The van der Waals surface area contributed by atoms with E-state index < -0.39 is 10.0 Å². The number of para-hydroxylation sites is 1. The van der Waals surface area contributed by atoms with Crippen LogP contribution in [0.15, 0.2) is 82.2 Å². The molecule has 7 heteroatoms. The van der Waals surface area contributed by atoms with Crippen LogP contribution in [0.2, 0.25) is 0 Å². The Labute approximate surface area is 197 Å². The van der Waals surface area contributed by atoms with Crippen molar-refractivity contribution in [2.45, 2.75) is 37.8 Å². The first-order chi connectivity index (χ1) is 15.3. The molecule has 1 unspecified atom stereocenters. The van der Waals surface area contributed by atoms with E-state index in [1.165, 1.54) is 4.31 Å². The van der Waals surface area contributed by atoms with Crippen LogP contribution in [0.25, 0.3) is 0 Å². The number of sulfonamides is 1. The van der Waals surface area contributed by atoms with Crippen molar-refractivity contribution in [2.75, 3.05) is 11.4 Å². The first kappa shape index (κ1) is 22.7. The molecule has 4 rings (SSSR count). The number of carbonyl (C=O) groups is 1. The molecule has 0 aliphatic carbocycles. The molecule has 1 aliphatic heterocycles. The molecule has 166 valence electrons. The molecule has 0 N–H and O–H groups in total. The second-order valence-electron chi connectivity index (χ2n) is 8.16. The number of anilines is 1. The second kappa shape index (κ2) is 9.17. The molecule has 0 spiro atoms. The Balaban J connectivity index is 1.67. The Hall–Kier alpha value is -2.48. The highest BCUT2D eigenvalue weighted by Gasteiger charge is 2.34. The van der Waals surface area contributed by atoms with Gasteiger partial charge in [0.2, 0.25) is 15.9 Å². The number of amides is 1. The summed E-state index contributed by atoms with van der Waals surface area (Å²) < 4.78 is 29.3. The average molecular weight is 513 g/mol. The van der Waals surface area contributed by atoms with Crippen molar-refractivity contribution in [1.82, 2.24) is 4.31 Å². The number of halogens is 1. The van der Waals surface area contributed by atoms with Gasteiger partial charge in [-0.2, -0.15) is 4.31 Å². The van der Waals surface area contributed by atoms with Gasteiger partial charge < -0.3 is 4.90 Å². The monoisotopic (exact) mass is 512 g/mol. The largest absolute Gasteiger partial charge is 0.308 e. The fourth-order valence-corrected chi connectivity index (χ4v) is 5.69. The summed E-state index contributed by atoms with van der Waals surface area (Å²) in [4.78, 5) is 15.3. The van der Waals surface area contributed by atoms with Gasteiger partial charge in [-0.25, -0.2) is 8.42 Å². The minimum absolute atomic E-state index is 0.0171. The second-order valence-corrected chi connectivity index (χ2v) is 11.0. The SMILES string of the molecule is Cc1ccc(S(=O)(=O)N(CC(=O)N2c3ccccc3CC2C)Cc2ccc(Br)cc2)cc1. The van der Waals surface area contributed by atoms with Crippen LogP contribution in [0.3, 0.4) is 0 Å². The molecule has 1 aliphatic rings. The van der Waals surface area contributed by atoms with Gasteiger partial charge in [-0.15, -0.1) is 0 Å². The molecule has 3 aromatic rings. The number of fused-ring (bicyclic) bond motifs is 1. The van der Waals surface area contributed by atoms with E-state index in [-0.39, 0.29) is 29.9 Å². The standard InChI is InChI=1S/C25H25BrN2O3S/c1-18-7-13-23(14-8-18)32(30,31)27(16-20-9-11-22(26)12-10-20)17-25(29)28-19(2)15-21-5-3-4-6-24(21)28/h3-14,19H,15-17H2,1-2H3. The van der Waals surface area contributed by atoms with Crippen molar-refractivity contribution in [1.29, 1.82) is 0 Å². The lowest BCUT2D eigenvalue weighted by Crippen LogP contribution is -2.44. The fraction of sp³-hybridized carbons (Fsp3) is 0.240. The molecule has 1 atom stereocenters. The number of benzene rings is 3. The third kappa shape index (κ3) is 4.65. The van der Waals surface area contributed by atoms with Crippen molar-refractivity contribution in [3.63, 3.8) is 0 Å². The molecule has 0 radical (unpaired) electrons. The Morgan fingerprint density at radius 3 is 2.38 bits per heavy atom. The fourth-order valence-electron chi connectivity index (χ4n) is 4.05. The van der Waals surface area contributed by atoms with Crippen molar-refractivity contribution in [3.8, 4) is 0 Å². The Morgan fingerprint density at radius 2 is 1.69 bits per heavy atom. The predicted octanol–water partition coefficient (Wildman–Crippen LogP) is 4.93. The molecule has 0 saturated heterocycles. The highest BCUT2D eigenvalue weighted by Crippen LogP contribution is 2.32. The lowest BCUT2D eigenvalue weighted by atomic mass is 10.1. The van der Waals surface area contributed by atoms with E-state index in [9.17, 15) is 13.2 Å². The highest BCUT2D eigenvalue weighted by atomic mass is 79.9. The van der Waals surface area contributed by atoms with Crippen molar-refractivity contribution in [2.24, 2.45) is 0 Å². The van der Waals surface area contributed by atoms with E-state index in [0.29, 0.717) is 0 Å². The van der Waals surface area contributed by atoms with Crippen LogP contribution in [0.5, 0.6) is 0 Å². The highest BCUT2D eigenvalue weighted by molar-refractivity contribution is 9.10. The number of aryl methyl sites for hydroxylation is 1. The van der Waals surface area contributed by atoms with Gasteiger partial charge in [-0.05, 0) is 61.7 Å². The molecular formula is C25H25BrN2O3S. The Morgan fingerprint density at radius 1 is 1.03 bits per heavy atom. The van der Waals surface area contributed by atoms with Gasteiger partial charge in [0.25, 0.3) is 0 Å². The molecule has 3 aromatic carbocycles. The van der Waals surface area contributed by atoms with Crippen molar-refractivity contribution in [3.05, 3.63) is 94.0 Å². The van der Waals surface area contributed by atoms with Crippen LogP contribution in [0.1, 0.15) is 23.6 Å². The summed E-state index contributed by atoms with van der Waals surface area (Å²) in [5.74, 6) is -0.227. The van der Waals surface area contributed by atoms with Crippen LogP contribution in [-0.4, -0.2) is 31.2 Å². The molecule has 0 bridgehead atoms. The minimum atomic E-state index is -3.87. The zero-order valence-electron chi connectivity index (χ0n) is 18.0. The van der Waals surface area contributed by atoms with Gasteiger partial charge in [0.05, 0.1) is 11.4 Å². The zero-order chi connectivity index (χ0) is 22.9. The molecule has 1 heterocycles. The topological polar surface area (TPSA) is 57.7 Å². The average Bonchev–Trinajstić information content (AvgIpc) is 3.10. The zero-order valence-corrected chi connectivity index (χ0v) is 20.4. The number of carbonyl (C=O) groups excluding carboxylic acids is 1. The Bertz CT molecular complexity index is 1220. The molecule has 0 saturated carbocycles. The first-order valence-electron chi connectivity index (χ1n) is 10.5. The van der Waals surface area contributed by atoms with E-state index in [4.69, 9.17) is 0 Å². The van der Waals surface area contributed by atoms with Crippen molar-refractivity contribution < 1.29 is 13.2 Å². The van der Waals surface area contributed by atoms with Crippen LogP contribution in [-0.2, 0) is 27.8 Å². The third-order valence-corrected chi connectivity index (χ3v) is 8.05. The summed E-state index contributed by atoms with van der Waals surface area (Å²) in [6, 6.07) is 22.0. The summed E-state index contributed by atoms with van der Waals surface area (Å²) in [5, 5.41) is 0. The van der Waals surface area contributed by atoms with Crippen LogP contribution in [0.4, 0.5) is 5.69 Å². The molecule has 5 nitrogen and oxygen atoms in total. The molecule has 1 amide bonds. The smallest absolute Gasteiger partial charge is 0.243 e. The van der Waals surface area contributed by atoms with E-state index in [0.717, 1.165) is 33.3 Å². The van der Waals surface area contributed by atoms with E-state index in [1.54, 1.807) is 29.2 Å². The maximum absolute atomic E-state index is 13.5. The van der Waals surface area contributed by atoms with Crippen LogP contribution < -0.4 is 4.90 Å². The van der Waals surface area contributed by atoms with Gasteiger partial charge >= 0.3 is 0 Å². The van der Waals surface area contributed by atoms with Crippen molar-refractivity contribution >= 4 is 37.5 Å². The maximum Gasteiger partial charge on any atom is 0.243 e. The van der Waals surface area contributed by atoms with Gasteiger partial charge in [0, 0.05) is 22.7 Å². The summed E-state index contributed by atoms with van der Waals surface area (Å²) in [6.07, 6.45) is 0.763. The van der Waals surface area contributed by atoms with E-state index in [1.807, 2.05) is 62.4 Å². The molecule has 0 fully saturated rings. The molecular weight excluding hydrogens is 488 g/mol. The number of hydrogen-bond donors (Lipinski definition) is 0. The van der Waals surface area contributed by atoms with Gasteiger partial charge in [0.1, 0.15) is 0 Å². The lowest BCUT2D eigenvalue weighted by Gasteiger charge is -2.27. The van der Waals surface area contributed by atoms with Gasteiger partial charge in [0.15, 0.2) is 0 Å². The number of nitrogens with zero attached hydrogens (tertiary/aromatic N) is 2. The quantitative estimate of drug-likeness (QED) is 0.470. The Kier molecular flexibility index (Phi) is 6.51. The van der Waals surface area contributed by atoms with Crippen LogP contribution in [0, 0.1) is 6.92 Å². The minimum Gasteiger partial charge on any atom is -0.308 e. The third-order valence-electron chi connectivity index (χ3n) is 5.72. The first-order valence-corrected chi connectivity index (χ1v) is 12.7. The van der Waals surface area contributed by atoms with Gasteiger partial charge in [-0.3, -0.25) is 4.79 Å². The maximum atomic E-state index is 13.5. The molecule has 0 aromatic heterocycles. The predicted molar refractivity (Wildman–Crippen MR) is 130 cm³/mol. The number of rotatable bonds is 6. The summed E-state index contributed by atoms with van der Waals surface area (Å²) in [6.45, 7) is 3.78. The summed E-state index contributed by atoms with van der Waals surface area (Å²) in [7, 11) is -3.87. The van der Waals surface area contributed by atoms with E-state index in [2.05, 4.69) is 15.9 Å². The van der Waals surface area contributed by atoms with Crippen LogP contribution >= 0.6 is 15.9 Å². The lowest BCUT2D eigenvalue weighted by molar-refractivity contribution is -0.119. The number of hydrogen-bond acceptors (Lipinski definition) is 3.